The molecule has 0 saturated heterocycles. The SMILES string of the molecule is ClP1C(P(Br)(c2ccccc2)(c2ccccc2)c2ccccc2)=C(c2ccccc2)C(=P(c2ccccc2)(c2ccccc2)c2ccccc2)P(Cl)N1c1ccccc1. The number of para-hydroxylation sites is 1. The zero-order valence-electron chi connectivity index (χ0n) is 32.0. The average molecular weight is 942 g/mol. The van der Waals surface area contributed by atoms with Crippen molar-refractivity contribution in [2.45, 2.75) is 0 Å². The van der Waals surface area contributed by atoms with E-state index in [2.05, 4.69) is 247 Å². The van der Waals surface area contributed by atoms with Gasteiger partial charge in [-0.05, 0) is 0 Å². The van der Waals surface area contributed by atoms with Crippen LogP contribution in [0.1, 0.15) is 5.56 Å². The fraction of sp³-hybridized carbons (Fsp3) is 0. The van der Waals surface area contributed by atoms with E-state index in [0.29, 0.717) is 0 Å². The predicted molar refractivity (Wildman–Crippen MR) is 272 cm³/mol. The Bertz CT molecular complexity index is 2560. The van der Waals surface area contributed by atoms with Crippen molar-refractivity contribution in [3.05, 3.63) is 253 Å². The van der Waals surface area contributed by atoms with E-state index in [-0.39, 0.29) is 0 Å². The summed E-state index contributed by atoms with van der Waals surface area (Å²) in [5.74, 6) is 0. The van der Waals surface area contributed by atoms with Crippen LogP contribution in [-0.2, 0) is 0 Å². The number of anilines is 1. The first-order valence-corrected chi connectivity index (χ1v) is 29.8. The van der Waals surface area contributed by atoms with Gasteiger partial charge in [0.2, 0.25) is 0 Å². The van der Waals surface area contributed by atoms with Gasteiger partial charge in [0, 0.05) is 0 Å². The van der Waals surface area contributed by atoms with Crippen molar-refractivity contribution in [2.24, 2.45) is 0 Å². The molecule has 59 heavy (non-hydrogen) atoms. The van der Waals surface area contributed by atoms with Crippen molar-refractivity contribution in [1.29, 1.82) is 0 Å². The number of benzene rings is 8. The van der Waals surface area contributed by atoms with Crippen LogP contribution in [0.3, 0.4) is 0 Å². The van der Waals surface area contributed by atoms with E-state index < -0.39 is 27.0 Å². The Kier molecular flexibility index (Phi) is 11.7. The Balaban J connectivity index is 1.67. The van der Waals surface area contributed by atoms with Crippen LogP contribution in [-0.4, -0.2) is 5.03 Å². The van der Waals surface area contributed by atoms with Gasteiger partial charge in [0.25, 0.3) is 0 Å². The second-order valence-corrected chi connectivity index (χ2v) is 31.5. The molecule has 290 valence electrons. The molecule has 0 fully saturated rings. The van der Waals surface area contributed by atoms with Gasteiger partial charge in [-0.1, -0.05) is 0 Å². The Morgan fingerprint density at radius 2 is 0.695 bits per heavy atom. The molecule has 1 nitrogen and oxygen atoms in total. The van der Waals surface area contributed by atoms with E-state index in [9.17, 15) is 0 Å². The first kappa shape index (κ1) is 40.4. The van der Waals surface area contributed by atoms with Crippen LogP contribution in [0.25, 0.3) is 5.57 Å². The molecule has 0 bridgehead atoms. The molecule has 8 aromatic carbocycles. The molecule has 2 unspecified atom stereocenters. The Labute approximate surface area is 368 Å². The maximum atomic E-state index is 8.57. The van der Waals surface area contributed by atoms with Crippen LogP contribution in [0.2, 0.25) is 0 Å². The van der Waals surface area contributed by atoms with Gasteiger partial charge in [-0.2, -0.15) is 0 Å². The average Bonchev–Trinajstić information content (AvgIpc) is 3.32. The zero-order chi connectivity index (χ0) is 40.3. The molecular formula is C51H40BrCl2NP4. The number of rotatable bonds is 9. The van der Waals surface area contributed by atoms with E-state index in [4.69, 9.17) is 38.0 Å². The summed E-state index contributed by atoms with van der Waals surface area (Å²) in [6.45, 7) is -2.84. The molecule has 0 amide bonds. The summed E-state index contributed by atoms with van der Waals surface area (Å²) in [7, 11) is -3.34. The van der Waals surface area contributed by atoms with Crippen molar-refractivity contribution in [3.8, 4) is 0 Å². The van der Waals surface area contributed by atoms with Gasteiger partial charge < -0.3 is 0 Å². The third-order valence-electron chi connectivity index (χ3n) is 11.0. The molecule has 0 radical (unpaired) electrons. The van der Waals surface area contributed by atoms with Crippen LogP contribution in [0.5, 0.6) is 0 Å². The normalized spacial score (nSPS) is 16.6. The Morgan fingerprint density at radius 1 is 0.390 bits per heavy atom. The maximum absolute atomic E-state index is 8.57. The fourth-order valence-electron chi connectivity index (χ4n) is 8.52. The second-order valence-electron chi connectivity index (χ2n) is 14.2. The summed E-state index contributed by atoms with van der Waals surface area (Å²) in [5.41, 5.74) is 3.22. The summed E-state index contributed by atoms with van der Waals surface area (Å²) >= 11 is 22.1. The van der Waals surface area contributed by atoms with Crippen molar-refractivity contribution in [2.75, 3.05) is 4.44 Å². The van der Waals surface area contributed by atoms with E-state index in [1.165, 1.54) is 36.9 Å². The standard InChI is InChI=1S/C51H40BrCl2NP4/c52-59(46-35-19-6-20-36-46,47-37-21-7-22-38-47,48-39-23-8-24-40-48)51-49(41-25-9-1-10-26-41)50(56(53)55(57(51)54)42-27-11-2-12-28-42)58(43-29-13-3-14-30-43,44-31-15-4-16-32-44)45-33-17-5-18-34-45/h1-40H. The molecule has 1 aliphatic rings. The van der Waals surface area contributed by atoms with Crippen LogP contribution < -0.4 is 36.3 Å². The number of hydrogen-bond acceptors (Lipinski definition) is 1. The third kappa shape index (κ3) is 6.65. The minimum absolute atomic E-state index is 0.996. The van der Waals surface area contributed by atoms with E-state index in [0.717, 1.165) is 21.9 Å². The van der Waals surface area contributed by atoms with Crippen LogP contribution in [0.4, 0.5) is 5.69 Å². The van der Waals surface area contributed by atoms with Crippen molar-refractivity contribution >= 4 is 113 Å². The second kappa shape index (κ2) is 17.1. The van der Waals surface area contributed by atoms with Crippen LogP contribution in [0, 0.1) is 0 Å². The van der Waals surface area contributed by atoms with Gasteiger partial charge in [0.05, 0.1) is 0 Å². The molecular weight excluding hydrogens is 901 g/mol. The van der Waals surface area contributed by atoms with E-state index >= 15 is 0 Å². The molecule has 0 N–H and O–H groups in total. The van der Waals surface area contributed by atoms with E-state index in [1.54, 1.807) is 0 Å². The number of allylic oxidation sites excluding steroid dienone is 1. The van der Waals surface area contributed by atoms with Gasteiger partial charge in [0.15, 0.2) is 0 Å². The van der Waals surface area contributed by atoms with Gasteiger partial charge in [-0.25, -0.2) is 0 Å². The van der Waals surface area contributed by atoms with Gasteiger partial charge in [-0.3, -0.25) is 0 Å². The fourth-order valence-corrected chi connectivity index (χ4v) is 35.4. The summed E-state index contributed by atoms with van der Waals surface area (Å²) in [4.78, 5) is 0. The molecule has 8 aromatic rings. The van der Waals surface area contributed by atoms with Crippen molar-refractivity contribution in [1.82, 2.24) is 0 Å². The topological polar surface area (TPSA) is 3.24 Å². The van der Waals surface area contributed by atoms with Crippen LogP contribution >= 0.6 is 65.0 Å². The quantitative estimate of drug-likeness (QED) is 0.130. The van der Waals surface area contributed by atoms with Crippen molar-refractivity contribution in [3.63, 3.8) is 0 Å². The first-order chi connectivity index (χ1) is 29.0. The number of halogens is 3. The molecule has 0 saturated carbocycles. The summed E-state index contributed by atoms with van der Waals surface area (Å²) in [5, 5.41) is 5.55. The van der Waals surface area contributed by atoms with Gasteiger partial charge in [0.1, 0.15) is 0 Å². The Hall–Kier alpha value is -4.05. The number of nitrogens with zero attached hydrogens (tertiary/aromatic N) is 1. The summed E-state index contributed by atoms with van der Waals surface area (Å²) < 4.78 is 2.39. The molecule has 0 aromatic heterocycles. The Morgan fingerprint density at radius 3 is 1.05 bits per heavy atom. The predicted octanol–water partition coefficient (Wildman–Crippen LogP) is 13.9. The number of hydrogen-bond donors (Lipinski definition) is 0. The van der Waals surface area contributed by atoms with Crippen molar-refractivity contribution < 1.29 is 0 Å². The van der Waals surface area contributed by atoms with Crippen LogP contribution in [0.15, 0.2) is 248 Å². The summed E-state index contributed by atoms with van der Waals surface area (Å²) in [6.07, 6.45) is 0. The van der Waals surface area contributed by atoms with E-state index in [1.807, 2.05) is 0 Å². The molecule has 1 aliphatic heterocycles. The summed E-state index contributed by atoms with van der Waals surface area (Å²) in [6, 6.07) is 87.8. The molecule has 0 aliphatic carbocycles. The monoisotopic (exact) mass is 939 g/mol. The molecule has 2 atom stereocenters. The van der Waals surface area contributed by atoms with Gasteiger partial charge in [-0.15, -0.1) is 0 Å². The molecule has 8 heteroatoms. The third-order valence-corrected chi connectivity index (χ3v) is 35.4. The molecule has 9 rings (SSSR count). The zero-order valence-corrected chi connectivity index (χ0v) is 38.6. The minimum atomic E-state index is -4.02. The molecule has 0 spiro atoms. The first-order valence-electron chi connectivity index (χ1n) is 19.4. The van der Waals surface area contributed by atoms with Gasteiger partial charge >= 0.3 is 371 Å². The molecule has 1 heterocycles.